The molecule has 1 unspecified atom stereocenters. The molecule has 2 fully saturated rings. The molecule has 134 valence electrons. The Kier molecular flexibility index (Phi) is 6.31. The van der Waals surface area contributed by atoms with E-state index in [0.717, 1.165) is 49.6 Å². The van der Waals surface area contributed by atoms with Crippen molar-refractivity contribution < 1.29 is 4.74 Å². The number of thiophene rings is 1. The molecule has 24 heavy (non-hydrogen) atoms. The Morgan fingerprint density at radius 1 is 1.25 bits per heavy atom. The number of hydrogen-bond acceptors (Lipinski definition) is 6. The van der Waals surface area contributed by atoms with Crippen molar-refractivity contribution in [2.24, 2.45) is 0 Å². The summed E-state index contributed by atoms with van der Waals surface area (Å²) in [4.78, 5) is 11.3. The van der Waals surface area contributed by atoms with Gasteiger partial charge in [-0.05, 0) is 51.8 Å². The lowest BCUT2D eigenvalue weighted by Gasteiger charge is -2.32. The highest BCUT2D eigenvalue weighted by atomic mass is 35.5. The lowest BCUT2D eigenvalue weighted by molar-refractivity contribution is -0.0192. The number of anilines is 1. The van der Waals surface area contributed by atoms with Gasteiger partial charge in [0.15, 0.2) is 0 Å². The molecule has 0 saturated carbocycles. The number of rotatable bonds is 2. The van der Waals surface area contributed by atoms with Crippen LogP contribution in [0.2, 0.25) is 0 Å². The second-order valence-electron chi connectivity index (χ2n) is 6.48. The maximum atomic E-state index is 6.17. The summed E-state index contributed by atoms with van der Waals surface area (Å²) in [6.07, 6.45) is 4.96. The maximum absolute atomic E-state index is 6.17. The second kappa shape index (κ2) is 7.70. The first-order valence-electron chi connectivity index (χ1n) is 7.99. The Labute approximate surface area is 158 Å². The molecule has 0 amide bonds. The number of ether oxygens (including phenoxy) is 1. The van der Waals surface area contributed by atoms with Crippen LogP contribution in [-0.4, -0.2) is 41.3 Å². The summed E-state index contributed by atoms with van der Waals surface area (Å²) in [5.74, 6) is 0.964. The van der Waals surface area contributed by atoms with Crippen LogP contribution in [0, 0.1) is 13.8 Å². The predicted octanol–water partition coefficient (Wildman–Crippen LogP) is 3.47. The fourth-order valence-electron chi connectivity index (χ4n) is 3.65. The highest BCUT2D eigenvalue weighted by Gasteiger charge is 2.41. The molecule has 1 spiro atoms. The zero-order valence-corrected chi connectivity index (χ0v) is 16.4. The third kappa shape index (κ3) is 3.48. The van der Waals surface area contributed by atoms with Crippen LogP contribution in [0.5, 0.6) is 0 Å². The minimum Gasteiger partial charge on any atom is -0.373 e. The highest BCUT2D eigenvalue weighted by Crippen LogP contribution is 2.37. The Morgan fingerprint density at radius 3 is 2.75 bits per heavy atom. The van der Waals surface area contributed by atoms with Crippen LogP contribution in [0.1, 0.15) is 29.7 Å². The quantitative estimate of drug-likeness (QED) is 0.821. The molecule has 1 atom stereocenters. The Morgan fingerprint density at radius 2 is 2.00 bits per heavy atom. The SMILES string of the molecule is Cc1sc2ncnc(NC3COC4(CCNCC4)C3)c2c1C.Cl.Cl. The number of hydrogen-bond donors (Lipinski definition) is 2. The average Bonchev–Trinajstić information content (AvgIpc) is 3.03. The van der Waals surface area contributed by atoms with Gasteiger partial charge in [0.05, 0.1) is 23.6 Å². The van der Waals surface area contributed by atoms with Gasteiger partial charge in [-0.25, -0.2) is 9.97 Å². The van der Waals surface area contributed by atoms with Crippen LogP contribution >= 0.6 is 36.2 Å². The summed E-state index contributed by atoms with van der Waals surface area (Å²) in [6.45, 7) is 7.20. The Balaban J connectivity index is 0.00000104. The zero-order valence-electron chi connectivity index (χ0n) is 13.9. The maximum Gasteiger partial charge on any atom is 0.138 e. The molecule has 0 aromatic carbocycles. The van der Waals surface area contributed by atoms with Crippen molar-refractivity contribution in [3.05, 3.63) is 16.8 Å². The number of nitrogens with zero attached hydrogens (tertiary/aromatic N) is 2. The van der Waals surface area contributed by atoms with Crippen LogP contribution in [0.3, 0.4) is 0 Å². The second-order valence-corrected chi connectivity index (χ2v) is 7.68. The monoisotopic (exact) mass is 390 g/mol. The topological polar surface area (TPSA) is 59.1 Å². The van der Waals surface area contributed by atoms with Crippen molar-refractivity contribution in [3.8, 4) is 0 Å². The lowest BCUT2D eigenvalue weighted by Crippen LogP contribution is -2.41. The van der Waals surface area contributed by atoms with E-state index in [1.807, 2.05) is 0 Å². The number of aromatic nitrogens is 2. The highest BCUT2D eigenvalue weighted by molar-refractivity contribution is 7.18. The van der Waals surface area contributed by atoms with Gasteiger partial charge < -0.3 is 15.4 Å². The fraction of sp³-hybridized carbons (Fsp3) is 0.625. The third-order valence-corrected chi connectivity index (χ3v) is 6.15. The molecule has 0 bridgehead atoms. The summed E-state index contributed by atoms with van der Waals surface area (Å²) in [7, 11) is 0. The van der Waals surface area contributed by atoms with E-state index in [1.54, 1.807) is 17.7 Å². The first-order valence-corrected chi connectivity index (χ1v) is 8.80. The zero-order chi connectivity index (χ0) is 15.2. The van der Waals surface area contributed by atoms with Crippen molar-refractivity contribution in [2.75, 3.05) is 25.0 Å². The van der Waals surface area contributed by atoms with E-state index < -0.39 is 0 Å². The van der Waals surface area contributed by atoms with Gasteiger partial charge in [0.25, 0.3) is 0 Å². The van der Waals surface area contributed by atoms with Gasteiger partial charge in [-0.1, -0.05) is 0 Å². The Hall–Kier alpha value is -0.660. The van der Waals surface area contributed by atoms with Crippen molar-refractivity contribution in [2.45, 2.75) is 44.8 Å². The normalized spacial score (nSPS) is 22.2. The standard InChI is InChI=1S/C16H22N4OS.2ClH/c1-10-11(2)22-15-13(10)14(18-9-19-15)20-12-7-16(21-8-12)3-5-17-6-4-16;;/h9,12,17H,3-8H2,1-2H3,(H,18,19,20);2*1H. The van der Waals surface area contributed by atoms with Crippen LogP contribution < -0.4 is 10.6 Å². The summed E-state index contributed by atoms with van der Waals surface area (Å²) < 4.78 is 6.17. The van der Waals surface area contributed by atoms with Gasteiger partial charge in [0.2, 0.25) is 0 Å². The summed E-state index contributed by atoms with van der Waals surface area (Å²) >= 11 is 1.74. The number of aryl methyl sites for hydroxylation is 2. The summed E-state index contributed by atoms with van der Waals surface area (Å²) in [6, 6.07) is 0.343. The number of nitrogens with one attached hydrogen (secondary N) is 2. The van der Waals surface area contributed by atoms with Crippen LogP contribution in [0.4, 0.5) is 5.82 Å². The number of piperidine rings is 1. The molecule has 2 aromatic heterocycles. The van der Waals surface area contributed by atoms with Gasteiger partial charge in [0.1, 0.15) is 17.0 Å². The molecular formula is C16H24Cl2N4OS. The van der Waals surface area contributed by atoms with Crippen molar-refractivity contribution in [3.63, 3.8) is 0 Å². The van der Waals surface area contributed by atoms with Gasteiger partial charge >= 0.3 is 0 Å². The lowest BCUT2D eigenvalue weighted by atomic mass is 9.88. The summed E-state index contributed by atoms with van der Waals surface area (Å²) in [5, 5.41) is 8.21. The molecule has 2 saturated heterocycles. The van der Waals surface area contributed by atoms with E-state index in [-0.39, 0.29) is 30.4 Å². The van der Waals surface area contributed by atoms with Crippen molar-refractivity contribution in [1.29, 1.82) is 0 Å². The first kappa shape index (κ1) is 19.7. The van der Waals surface area contributed by atoms with Crippen molar-refractivity contribution >= 4 is 52.2 Å². The average molecular weight is 391 g/mol. The summed E-state index contributed by atoms with van der Waals surface area (Å²) in [5.41, 5.74) is 1.37. The van der Waals surface area contributed by atoms with E-state index in [1.165, 1.54) is 15.8 Å². The molecule has 4 heterocycles. The molecule has 0 radical (unpaired) electrons. The van der Waals surface area contributed by atoms with Crippen molar-refractivity contribution in [1.82, 2.24) is 15.3 Å². The predicted molar refractivity (Wildman–Crippen MR) is 104 cm³/mol. The third-order valence-electron chi connectivity index (χ3n) is 5.03. The number of halogens is 2. The van der Waals surface area contributed by atoms with E-state index in [0.29, 0.717) is 6.04 Å². The van der Waals surface area contributed by atoms with Gasteiger partial charge in [-0.15, -0.1) is 36.2 Å². The molecule has 5 nitrogen and oxygen atoms in total. The fourth-order valence-corrected chi connectivity index (χ4v) is 4.65. The molecule has 2 aliphatic rings. The largest absolute Gasteiger partial charge is 0.373 e. The van der Waals surface area contributed by atoms with Gasteiger partial charge in [-0.3, -0.25) is 0 Å². The molecule has 0 aliphatic carbocycles. The molecule has 2 aliphatic heterocycles. The van der Waals surface area contributed by atoms with Crippen LogP contribution in [-0.2, 0) is 4.74 Å². The minimum absolute atomic E-state index is 0. The van der Waals surface area contributed by atoms with E-state index in [9.17, 15) is 0 Å². The molecule has 2 N–H and O–H groups in total. The van der Waals surface area contributed by atoms with Gasteiger partial charge in [-0.2, -0.15) is 0 Å². The van der Waals surface area contributed by atoms with Crippen LogP contribution in [0.15, 0.2) is 6.33 Å². The molecule has 4 rings (SSSR count). The molecule has 2 aromatic rings. The smallest absolute Gasteiger partial charge is 0.138 e. The molecule has 8 heteroatoms. The Bertz CT molecular complexity index is 703. The number of fused-ring (bicyclic) bond motifs is 1. The van der Waals surface area contributed by atoms with Gasteiger partial charge in [0, 0.05) is 4.88 Å². The van der Waals surface area contributed by atoms with Crippen LogP contribution in [0.25, 0.3) is 10.2 Å². The van der Waals surface area contributed by atoms with E-state index >= 15 is 0 Å². The van der Waals surface area contributed by atoms with E-state index in [4.69, 9.17) is 4.74 Å². The van der Waals surface area contributed by atoms with E-state index in [2.05, 4.69) is 34.4 Å². The minimum atomic E-state index is 0. The first-order chi connectivity index (χ1) is 10.7. The molecular weight excluding hydrogens is 367 g/mol.